The van der Waals surface area contributed by atoms with Crippen LogP contribution in [-0.4, -0.2) is 60.1 Å². The van der Waals surface area contributed by atoms with E-state index in [-0.39, 0.29) is 36.5 Å². The first-order chi connectivity index (χ1) is 17.7. The lowest BCUT2D eigenvalue weighted by molar-refractivity contribution is -0.140. The summed E-state index contributed by atoms with van der Waals surface area (Å²) in [5, 5.41) is 5.94. The molecule has 0 saturated carbocycles. The number of esters is 1. The molecule has 1 unspecified atom stereocenters. The van der Waals surface area contributed by atoms with Gasteiger partial charge in [-0.25, -0.2) is 14.6 Å². The van der Waals surface area contributed by atoms with Crippen molar-refractivity contribution in [2.45, 2.75) is 45.3 Å². The first kappa shape index (κ1) is 27.4. The zero-order valence-electron chi connectivity index (χ0n) is 21.1. The van der Waals surface area contributed by atoms with Gasteiger partial charge in [-0.3, -0.25) is 9.80 Å². The summed E-state index contributed by atoms with van der Waals surface area (Å²) in [5.74, 6) is -0.865. The number of hydrazine groups is 1. The average molecular weight is 549 g/mol. The summed E-state index contributed by atoms with van der Waals surface area (Å²) in [6.07, 6.45) is 0.640. The molecule has 2 aliphatic heterocycles. The second-order valence-electron chi connectivity index (χ2n) is 9.30. The minimum absolute atomic E-state index is 0.00325. The monoisotopic (exact) mass is 548 g/mol. The number of fused-ring (bicyclic) bond motifs is 1. The van der Waals surface area contributed by atoms with Gasteiger partial charge in [-0.05, 0) is 63.1 Å². The third kappa shape index (κ3) is 6.09. The van der Waals surface area contributed by atoms with Crippen LogP contribution in [-0.2, 0) is 9.53 Å². The maximum atomic E-state index is 13.4. The Morgan fingerprint density at radius 2 is 1.92 bits per heavy atom. The largest absolute Gasteiger partial charge is 0.461 e. The standard InChI is InChI=1S/C27H31Cl2FN4O3/c1-4-37-27(36)25-21-15-33(26(35)19-7-10-22(28)23(29)14-19)16(2)13-24(21)32-34(25)12-11-31-17(3)18-5-8-20(30)9-6-18/h5-10,14,16-17,24,31-32H,4,11-13,15H2,1-3H3/t16-,17-,24?/m1/s1. The van der Waals surface area contributed by atoms with Crippen LogP contribution in [0.25, 0.3) is 0 Å². The number of halogens is 3. The molecule has 198 valence electrons. The fourth-order valence-corrected chi connectivity index (χ4v) is 5.10. The number of carbonyl (C=O) groups excluding carboxylic acids is 2. The van der Waals surface area contributed by atoms with Crippen molar-refractivity contribution in [1.29, 1.82) is 0 Å². The number of benzene rings is 2. The highest BCUT2D eigenvalue weighted by Gasteiger charge is 2.42. The van der Waals surface area contributed by atoms with Gasteiger partial charge in [0.15, 0.2) is 0 Å². The van der Waals surface area contributed by atoms with Crippen molar-refractivity contribution in [3.8, 4) is 0 Å². The lowest BCUT2D eigenvalue weighted by Gasteiger charge is -2.37. The first-order valence-electron chi connectivity index (χ1n) is 12.4. The zero-order valence-corrected chi connectivity index (χ0v) is 22.6. The van der Waals surface area contributed by atoms with Crippen molar-refractivity contribution < 1.29 is 18.7 Å². The lowest BCUT2D eigenvalue weighted by Crippen LogP contribution is -2.50. The van der Waals surface area contributed by atoms with Gasteiger partial charge in [0.1, 0.15) is 11.5 Å². The van der Waals surface area contributed by atoms with Gasteiger partial charge in [-0.2, -0.15) is 0 Å². The lowest BCUT2D eigenvalue weighted by atomic mass is 9.92. The molecule has 1 amide bonds. The van der Waals surface area contributed by atoms with Gasteiger partial charge in [0.2, 0.25) is 0 Å². The molecule has 2 aliphatic rings. The van der Waals surface area contributed by atoms with Crippen LogP contribution in [0.15, 0.2) is 53.7 Å². The van der Waals surface area contributed by atoms with E-state index in [1.165, 1.54) is 12.1 Å². The second kappa shape index (κ2) is 11.8. The maximum absolute atomic E-state index is 13.4. The van der Waals surface area contributed by atoms with Crippen LogP contribution in [0.1, 0.15) is 49.2 Å². The van der Waals surface area contributed by atoms with E-state index in [0.29, 0.717) is 47.4 Å². The third-order valence-corrected chi connectivity index (χ3v) is 7.55. The first-order valence-corrected chi connectivity index (χ1v) is 13.1. The Morgan fingerprint density at radius 3 is 2.59 bits per heavy atom. The van der Waals surface area contributed by atoms with Crippen LogP contribution in [0, 0.1) is 5.82 Å². The third-order valence-electron chi connectivity index (χ3n) is 6.81. The summed E-state index contributed by atoms with van der Waals surface area (Å²) in [7, 11) is 0. The molecule has 2 aromatic rings. The Labute approximate surface area is 226 Å². The predicted molar refractivity (Wildman–Crippen MR) is 142 cm³/mol. The van der Waals surface area contributed by atoms with Gasteiger partial charge in [-0.1, -0.05) is 35.3 Å². The van der Waals surface area contributed by atoms with Crippen LogP contribution in [0.4, 0.5) is 4.39 Å². The number of likely N-dealkylation sites (tertiary alicyclic amines) is 1. The Bertz CT molecular complexity index is 1190. The average Bonchev–Trinajstić information content (AvgIpc) is 3.22. The van der Waals surface area contributed by atoms with Gasteiger partial charge in [0.25, 0.3) is 5.91 Å². The Kier molecular flexibility index (Phi) is 8.75. The number of nitrogens with zero attached hydrogens (tertiary/aromatic N) is 2. The Balaban J connectivity index is 1.50. The molecule has 7 nitrogen and oxygen atoms in total. The highest BCUT2D eigenvalue weighted by atomic mass is 35.5. The van der Waals surface area contributed by atoms with E-state index in [2.05, 4.69) is 10.7 Å². The molecule has 10 heteroatoms. The van der Waals surface area contributed by atoms with Gasteiger partial charge >= 0.3 is 5.97 Å². The van der Waals surface area contributed by atoms with Crippen LogP contribution in [0.3, 0.4) is 0 Å². The van der Waals surface area contributed by atoms with Crippen molar-refractivity contribution >= 4 is 35.1 Å². The fraction of sp³-hybridized carbons (Fsp3) is 0.407. The van der Waals surface area contributed by atoms with Crippen LogP contribution in [0.5, 0.6) is 0 Å². The molecule has 0 spiro atoms. The SMILES string of the molecule is CCOC(=O)C1=C2CN(C(=O)c3ccc(Cl)c(Cl)c3)[C@H](C)CC2NN1CCN[C@H](C)c1ccc(F)cc1. The zero-order chi connectivity index (χ0) is 26.7. The van der Waals surface area contributed by atoms with Crippen molar-refractivity contribution in [2.24, 2.45) is 0 Å². The van der Waals surface area contributed by atoms with Crippen LogP contribution >= 0.6 is 23.2 Å². The van der Waals surface area contributed by atoms with Gasteiger partial charge in [0.05, 0.1) is 22.7 Å². The molecule has 1 fully saturated rings. The molecular weight excluding hydrogens is 518 g/mol. The summed E-state index contributed by atoms with van der Waals surface area (Å²) in [4.78, 5) is 28.1. The molecule has 2 aromatic carbocycles. The van der Waals surface area contributed by atoms with Gasteiger partial charge < -0.3 is 15.0 Å². The summed E-state index contributed by atoms with van der Waals surface area (Å²) in [5.41, 5.74) is 6.13. The number of hydrogen-bond acceptors (Lipinski definition) is 6. The second-order valence-corrected chi connectivity index (χ2v) is 10.1. The van der Waals surface area contributed by atoms with E-state index in [9.17, 15) is 14.0 Å². The molecule has 37 heavy (non-hydrogen) atoms. The summed E-state index contributed by atoms with van der Waals surface area (Å²) >= 11 is 12.2. The molecule has 2 heterocycles. The molecule has 4 rings (SSSR count). The van der Waals surface area contributed by atoms with Crippen molar-refractivity contribution in [1.82, 2.24) is 20.7 Å². The molecule has 0 radical (unpaired) electrons. The molecule has 1 saturated heterocycles. The number of ether oxygens (including phenoxy) is 1. The highest BCUT2D eigenvalue weighted by molar-refractivity contribution is 6.42. The maximum Gasteiger partial charge on any atom is 0.356 e. The molecule has 0 aromatic heterocycles. The van der Waals surface area contributed by atoms with E-state index < -0.39 is 5.97 Å². The topological polar surface area (TPSA) is 73.9 Å². The number of rotatable bonds is 8. The molecule has 0 aliphatic carbocycles. The van der Waals surface area contributed by atoms with Crippen LogP contribution in [0.2, 0.25) is 10.0 Å². The summed E-state index contributed by atoms with van der Waals surface area (Å²) in [6, 6.07) is 11.1. The quantitative estimate of drug-likeness (QED) is 0.465. The number of carbonyl (C=O) groups is 2. The van der Waals surface area contributed by atoms with Gasteiger partial charge in [-0.15, -0.1) is 0 Å². The number of nitrogens with one attached hydrogen (secondary N) is 2. The molecule has 2 N–H and O–H groups in total. The Morgan fingerprint density at radius 1 is 1.19 bits per heavy atom. The van der Waals surface area contributed by atoms with E-state index in [0.717, 1.165) is 11.1 Å². The Hall–Kier alpha value is -2.65. The van der Waals surface area contributed by atoms with E-state index >= 15 is 0 Å². The van der Waals surface area contributed by atoms with Crippen LogP contribution < -0.4 is 10.7 Å². The van der Waals surface area contributed by atoms with Gasteiger partial charge in [0, 0.05) is 42.9 Å². The smallest absolute Gasteiger partial charge is 0.356 e. The minimum Gasteiger partial charge on any atom is -0.461 e. The summed E-state index contributed by atoms with van der Waals surface area (Å²) < 4.78 is 18.6. The molecule has 0 bridgehead atoms. The van der Waals surface area contributed by atoms with E-state index in [4.69, 9.17) is 27.9 Å². The number of piperidine rings is 1. The number of amides is 1. The molecule has 3 atom stereocenters. The van der Waals surface area contributed by atoms with Crippen molar-refractivity contribution in [2.75, 3.05) is 26.2 Å². The number of hydrogen-bond donors (Lipinski definition) is 2. The fourth-order valence-electron chi connectivity index (χ4n) is 4.80. The minimum atomic E-state index is -0.421. The normalized spacial score (nSPS) is 20.2. The molecular formula is C27H31Cl2FN4O3. The van der Waals surface area contributed by atoms with Crippen molar-refractivity contribution in [3.63, 3.8) is 0 Å². The summed E-state index contributed by atoms with van der Waals surface area (Å²) in [6.45, 7) is 7.36. The van der Waals surface area contributed by atoms with E-state index in [1.54, 1.807) is 42.2 Å². The van der Waals surface area contributed by atoms with Crippen molar-refractivity contribution in [3.05, 3.63) is 80.7 Å². The highest BCUT2D eigenvalue weighted by Crippen LogP contribution is 2.33. The van der Waals surface area contributed by atoms with E-state index in [1.807, 2.05) is 18.9 Å². The predicted octanol–water partition coefficient (Wildman–Crippen LogP) is 4.72.